The van der Waals surface area contributed by atoms with E-state index in [1.807, 2.05) is 5.32 Å². The molecular weight excluding hydrogens is 308 g/mol. The number of urea groups is 1. The van der Waals surface area contributed by atoms with Crippen LogP contribution in [0.3, 0.4) is 0 Å². The molecule has 0 bridgehead atoms. The number of nitrogens with two attached hydrogens (primary N) is 1. The number of carbonyl (C=O) groups is 2. The molecule has 0 aromatic heterocycles. The van der Waals surface area contributed by atoms with Crippen LogP contribution in [0.25, 0.3) is 0 Å². The monoisotopic (exact) mass is 324 g/mol. The third-order valence-electron chi connectivity index (χ3n) is 3.11. The molecule has 7 nitrogen and oxygen atoms in total. The number of nitrogens with zero attached hydrogens (tertiary/aromatic N) is 1. The summed E-state index contributed by atoms with van der Waals surface area (Å²) in [4.78, 5) is 22.3. The Labute approximate surface area is 139 Å². The summed E-state index contributed by atoms with van der Waals surface area (Å²) in [6, 6.07) is 14.3. The third kappa shape index (κ3) is 4.48. The number of primary amides is 1. The van der Waals surface area contributed by atoms with Crippen molar-refractivity contribution >= 4 is 17.6 Å². The van der Waals surface area contributed by atoms with E-state index in [1.165, 1.54) is 0 Å². The largest absolute Gasteiger partial charge is 0.456 e. The molecule has 2 rings (SSSR count). The van der Waals surface area contributed by atoms with E-state index in [0.29, 0.717) is 22.7 Å². The maximum Gasteiger partial charge on any atom is 0.318 e. The Balaban J connectivity index is 2.02. The number of carbonyl (C=O) groups excluding carboxylic acids is 2. The molecule has 0 aliphatic carbocycles. The topological polar surface area (TPSA) is 117 Å². The van der Waals surface area contributed by atoms with Gasteiger partial charge in [0.15, 0.2) is 0 Å². The Kier molecular flexibility index (Phi) is 5.36. The number of para-hydroxylation sites is 1. The van der Waals surface area contributed by atoms with Crippen LogP contribution in [0.2, 0.25) is 0 Å². The second-order valence-corrected chi connectivity index (χ2v) is 4.95. The fourth-order valence-corrected chi connectivity index (χ4v) is 1.94. The van der Waals surface area contributed by atoms with E-state index >= 15 is 0 Å². The standard InChI is InChI=1S/C17H16N4O3/c1-11(16(22)21-17(19)23)20-13-6-8-14(9-7-13)24-15-5-3-2-4-12(15)10-18/h2-9,11,20H,1H3,(H3,19,21,22,23). The first-order chi connectivity index (χ1) is 11.5. The molecule has 0 saturated heterocycles. The van der Waals surface area contributed by atoms with Crippen molar-refractivity contribution in [2.45, 2.75) is 13.0 Å². The molecule has 0 aliphatic rings. The van der Waals surface area contributed by atoms with Gasteiger partial charge in [0, 0.05) is 5.69 Å². The lowest BCUT2D eigenvalue weighted by Crippen LogP contribution is -2.43. The minimum Gasteiger partial charge on any atom is -0.456 e. The van der Waals surface area contributed by atoms with Crippen LogP contribution < -0.4 is 21.1 Å². The number of amides is 3. The van der Waals surface area contributed by atoms with Gasteiger partial charge in [-0.25, -0.2) is 4.79 Å². The summed E-state index contributed by atoms with van der Waals surface area (Å²) >= 11 is 0. The number of anilines is 1. The zero-order valence-corrected chi connectivity index (χ0v) is 12.9. The maximum atomic E-state index is 11.6. The molecule has 1 atom stereocenters. The molecule has 0 radical (unpaired) electrons. The average molecular weight is 324 g/mol. The van der Waals surface area contributed by atoms with Crippen molar-refractivity contribution in [2.24, 2.45) is 5.73 Å². The van der Waals surface area contributed by atoms with Gasteiger partial charge in [-0.2, -0.15) is 5.26 Å². The van der Waals surface area contributed by atoms with Crippen LogP contribution in [-0.4, -0.2) is 18.0 Å². The molecule has 0 spiro atoms. The van der Waals surface area contributed by atoms with Crippen molar-refractivity contribution in [3.8, 4) is 17.6 Å². The summed E-state index contributed by atoms with van der Waals surface area (Å²) in [6.45, 7) is 1.60. The molecule has 24 heavy (non-hydrogen) atoms. The van der Waals surface area contributed by atoms with Crippen LogP contribution >= 0.6 is 0 Å². The van der Waals surface area contributed by atoms with E-state index in [2.05, 4.69) is 11.4 Å². The summed E-state index contributed by atoms with van der Waals surface area (Å²) in [5.41, 5.74) is 6.01. The predicted molar refractivity (Wildman–Crippen MR) is 88.5 cm³/mol. The van der Waals surface area contributed by atoms with Gasteiger partial charge in [0.2, 0.25) is 5.91 Å². The van der Waals surface area contributed by atoms with Crippen molar-refractivity contribution in [2.75, 3.05) is 5.32 Å². The van der Waals surface area contributed by atoms with Gasteiger partial charge in [-0.3, -0.25) is 10.1 Å². The molecule has 0 fully saturated rings. The summed E-state index contributed by atoms with van der Waals surface area (Å²) < 4.78 is 5.67. The third-order valence-corrected chi connectivity index (χ3v) is 3.11. The van der Waals surface area contributed by atoms with E-state index < -0.39 is 18.0 Å². The van der Waals surface area contributed by atoms with Gasteiger partial charge in [-0.15, -0.1) is 0 Å². The number of hydrogen-bond donors (Lipinski definition) is 3. The van der Waals surface area contributed by atoms with Crippen LogP contribution in [0.1, 0.15) is 12.5 Å². The van der Waals surface area contributed by atoms with E-state index in [9.17, 15) is 9.59 Å². The Morgan fingerprint density at radius 1 is 1.17 bits per heavy atom. The van der Waals surface area contributed by atoms with Crippen LogP contribution in [0, 0.1) is 11.3 Å². The zero-order chi connectivity index (χ0) is 17.5. The van der Waals surface area contributed by atoms with Crippen LogP contribution in [0.5, 0.6) is 11.5 Å². The normalized spacial score (nSPS) is 11.0. The molecule has 2 aromatic carbocycles. The van der Waals surface area contributed by atoms with Gasteiger partial charge >= 0.3 is 6.03 Å². The number of hydrogen-bond acceptors (Lipinski definition) is 5. The van der Waals surface area contributed by atoms with Gasteiger partial charge in [-0.1, -0.05) is 12.1 Å². The minimum absolute atomic E-state index is 0.441. The smallest absolute Gasteiger partial charge is 0.318 e. The van der Waals surface area contributed by atoms with Crippen molar-refractivity contribution < 1.29 is 14.3 Å². The van der Waals surface area contributed by atoms with E-state index in [4.69, 9.17) is 15.7 Å². The highest BCUT2D eigenvalue weighted by atomic mass is 16.5. The number of benzene rings is 2. The van der Waals surface area contributed by atoms with Gasteiger partial charge in [0.25, 0.3) is 0 Å². The first-order valence-electron chi connectivity index (χ1n) is 7.13. The van der Waals surface area contributed by atoms with Crippen LogP contribution in [0.4, 0.5) is 10.5 Å². The summed E-state index contributed by atoms with van der Waals surface area (Å²) in [7, 11) is 0. The van der Waals surface area contributed by atoms with Crippen molar-refractivity contribution in [3.05, 3.63) is 54.1 Å². The quantitative estimate of drug-likeness (QED) is 0.780. The SMILES string of the molecule is CC(Nc1ccc(Oc2ccccc2C#N)cc1)C(=O)NC(N)=O. The molecule has 0 heterocycles. The highest BCUT2D eigenvalue weighted by Crippen LogP contribution is 2.25. The van der Waals surface area contributed by atoms with Crippen molar-refractivity contribution in [1.82, 2.24) is 5.32 Å². The molecule has 7 heteroatoms. The highest BCUT2D eigenvalue weighted by Gasteiger charge is 2.14. The van der Waals surface area contributed by atoms with Crippen LogP contribution in [0.15, 0.2) is 48.5 Å². The van der Waals surface area contributed by atoms with Gasteiger partial charge < -0.3 is 15.8 Å². The van der Waals surface area contributed by atoms with E-state index in [-0.39, 0.29) is 0 Å². The highest BCUT2D eigenvalue weighted by molar-refractivity contribution is 5.97. The van der Waals surface area contributed by atoms with Crippen molar-refractivity contribution in [1.29, 1.82) is 5.26 Å². The first kappa shape index (κ1) is 16.8. The van der Waals surface area contributed by atoms with Crippen molar-refractivity contribution in [3.63, 3.8) is 0 Å². The summed E-state index contributed by atoms with van der Waals surface area (Å²) in [5, 5.41) is 14.0. The van der Waals surface area contributed by atoms with Gasteiger partial charge in [0.05, 0.1) is 5.56 Å². The lowest BCUT2D eigenvalue weighted by Gasteiger charge is -2.14. The Hall–Kier alpha value is -3.53. The predicted octanol–water partition coefficient (Wildman–Crippen LogP) is 2.35. The Morgan fingerprint density at radius 2 is 1.83 bits per heavy atom. The molecular formula is C17H16N4O3. The summed E-state index contributed by atoms with van der Waals surface area (Å²) in [6.07, 6.45) is 0. The fraction of sp³-hybridized carbons (Fsp3) is 0.118. The molecule has 0 aliphatic heterocycles. The molecule has 1 unspecified atom stereocenters. The molecule has 3 amide bonds. The van der Waals surface area contributed by atoms with Gasteiger partial charge in [-0.05, 0) is 43.3 Å². The second kappa shape index (κ2) is 7.65. The van der Waals surface area contributed by atoms with Crippen LogP contribution in [-0.2, 0) is 4.79 Å². The lowest BCUT2D eigenvalue weighted by atomic mass is 10.2. The maximum absolute atomic E-state index is 11.6. The summed E-state index contributed by atoms with van der Waals surface area (Å²) in [5.74, 6) is 0.498. The number of nitrogens with one attached hydrogen (secondary N) is 2. The average Bonchev–Trinajstić information content (AvgIpc) is 2.56. The van der Waals surface area contributed by atoms with Gasteiger partial charge in [0.1, 0.15) is 23.6 Å². The number of rotatable bonds is 5. The zero-order valence-electron chi connectivity index (χ0n) is 12.9. The van der Waals surface area contributed by atoms with E-state index in [1.54, 1.807) is 55.5 Å². The fourth-order valence-electron chi connectivity index (χ4n) is 1.94. The number of imide groups is 1. The number of ether oxygens (including phenoxy) is 1. The molecule has 122 valence electrons. The first-order valence-corrected chi connectivity index (χ1v) is 7.13. The molecule has 4 N–H and O–H groups in total. The lowest BCUT2D eigenvalue weighted by molar-refractivity contribution is -0.120. The second-order valence-electron chi connectivity index (χ2n) is 4.95. The molecule has 0 saturated carbocycles. The Morgan fingerprint density at radius 3 is 2.46 bits per heavy atom. The van der Waals surface area contributed by atoms with E-state index in [0.717, 1.165) is 0 Å². The minimum atomic E-state index is -0.895. The molecule has 2 aromatic rings. The Bertz CT molecular complexity index is 781. The number of nitriles is 1.